The van der Waals surface area contributed by atoms with Crippen LogP contribution in [0, 0.1) is 0 Å². The average Bonchev–Trinajstić information content (AvgIpc) is 3.95. The zero-order chi connectivity index (χ0) is 44.4. The predicted octanol–water partition coefficient (Wildman–Crippen LogP) is 13.4. The number of anilines is 6. The molecule has 0 aliphatic rings. The molecule has 326 valence electrons. The van der Waals surface area contributed by atoms with Crippen LogP contribution in [0.2, 0.25) is 0 Å². The van der Waals surface area contributed by atoms with Crippen LogP contribution in [0.1, 0.15) is 33.3 Å². The summed E-state index contributed by atoms with van der Waals surface area (Å²) in [6.45, 7) is 11.5. The molecule has 3 heterocycles. The molecular formula is C46H47N13O2S3. The second-order valence-electron chi connectivity index (χ2n) is 14.1. The highest BCUT2D eigenvalue weighted by Gasteiger charge is 2.20. The van der Waals surface area contributed by atoms with Gasteiger partial charge in [-0.1, -0.05) is 66.4 Å². The highest BCUT2D eigenvalue weighted by Crippen LogP contribution is 2.44. The lowest BCUT2D eigenvalue weighted by atomic mass is 10.2. The summed E-state index contributed by atoms with van der Waals surface area (Å²) in [4.78, 5) is 19.3. The number of nitrogens with zero attached hydrogens (tertiary/aromatic N) is 11. The first-order valence-corrected chi connectivity index (χ1v) is 23.4. The Hall–Kier alpha value is -6.76. The number of hydrogen-bond acceptors (Lipinski definition) is 18. The van der Waals surface area contributed by atoms with Gasteiger partial charge in [-0.15, -0.1) is 20.5 Å². The van der Waals surface area contributed by atoms with E-state index in [0.717, 1.165) is 64.9 Å². The van der Waals surface area contributed by atoms with Gasteiger partial charge in [0.05, 0.1) is 48.0 Å². The Balaban J connectivity index is 1.23. The summed E-state index contributed by atoms with van der Waals surface area (Å²) >= 11 is 4.09. The second kappa shape index (κ2) is 20.6. The van der Waals surface area contributed by atoms with Crippen molar-refractivity contribution in [3.63, 3.8) is 0 Å². The van der Waals surface area contributed by atoms with E-state index >= 15 is 0 Å². The van der Waals surface area contributed by atoms with Crippen LogP contribution in [0.25, 0.3) is 21.8 Å². The van der Waals surface area contributed by atoms with Gasteiger partial charge in [-0.05, 0) is 92.7 Å². The zero-order valence-electron chi connectivity index (χ0n) is 36.3. The summed E-state index contributed by atoms with van der Waals surface area (Å²) < 4.78 is 21.0. The standard InChI is InChI=1S/C46H47N13O2S3/c1-7-58(8-2)38-24-34(36(26-40(38)60-5)52-54-42-30-20-14-16-22-32(30)56-63-42)47-44-49-45(51-46(50-44)62-28-29-18-12-11-13-19-29)48-35-25-39(59(9-3)10-4)41(61-6)27-37(35)53-55-43-31-21-15-17-23-33(31)57-64-43/h11-27H,7-10,28H2,1-6H3,(H2,47,48,49,50,51). The number of thioether (sulfide) groups is 1. The highest BCUT2D eigenvalue weighted by atomic mass is 32.2. The average molecular weight is 910 g/mol. The Morgan fingerprint density at radius 3 is 1.47 bits per heavy atom. The fraction of sp³-hybridized carbons (Fsp3) is 0.239. The number of azo groups is 2. The zero-order valence-corrected chi connectivity index (χ0v) is 38.8. The molecule has 8 aromatic rings. The number of nitrogens with one attached hydrogen (secondary N) is 2. The van der Waals surface area contributed by atoms with Gasteiger partial charge in [-0.25, -0.2) is 0 Å². The molecule has 0 atom stereocenters. The minimum absolute atomic E-state index is 0.292. The molecule has 0 radical (unpaired) electrons. The third-order valence-electron chi connectivity index (χ3n) is 10.3. The van der Waals surface area contributed by atoms with Gasteiger partial charge in [0.1, 0.15) is 22.9 Å². The van der Waals surface area contributed by atoms with Crippen molar-refractivity contribution in [3.05, 3.63) is 109 Å². The van der Waals surface area contributed by atoms with Gasteiger partial charge >= 0.3 is 0 Å². The smallest absolute Gasteiger partial charge is 0.233 e. The molecule has 0 saturated carbocycles. The van der Waals surface area contributed by atoms with E-state index in [9.17, 15) is 0 Å². The maximum Gasteiger partial charge on any atom is 0.233 e. The Labute approximate surface area is 384 Å². The molecule has 3 aromatic heterocycles. The van der Waals surface area contributed by atoms with Crippen molar-refractivity contribution in [2.45, 2.75) is 38.6 Å². The molecule has 8 rings (SSSR count). The van der Waals surface area contributed by atoms with Gasteiger partial charge in [0.25, 0.3) is 0 Å². The van der Waals surface area contributed by atoms with Gasteiger partial charge in [-0.3, -0.25) is 0 Å². The van der Waals surface area contributed by atoms with Crippen LogP contribution < -0.4 is 29.9 Å². The van der Waals surface area contributed by atoms with Gasteiger partial charge in [0, 0.05) is 54.8 Å². The van der Waals surface area contributed by atoms with Crippen LogP contribution in [-0.2, 0) is 5.75 Å². The van der Waals surface area contributed by atoms with Gasteiger partial charge < -0.3 is 29.9 Å². The third kappa shape index (κ3) is 9.88. The molecule has 5 aromatic carbocycles. The summed E-state index contributed by atoms with van der Waals surface area (Å²) in [6, 6.07) is 33.7. The van der Waals surface area contributed by atoms with Crippen LogP contribution in [0.3, 0.4) is 0 Å². The maximum absolute atomic E-state index is 5.93. The second-order valence-corrected chi connectivity index (χ2v) is 16.6. The molecule has 15 nitrogen and oxygen atoms in total. The summed E-state index contributed by atoms with van der Waals surface area (Å²) in [6.07, 6.45) is 0. The first-order chi connectivity index (χ1) is 31.4. The third-order valence-corrected chi connectivity index (χ3v) is 12.8. The summed E-state index contributed by atoms with van der Waals surface area (Å²) in [5, 5.41) is 29.7. The van der Waals surface area contributed by atoms with Crippen molar-refractivity contribution in [1.29, 1.82) is 0 Å². The lowest BCUT2D eigenvalue weighted by Crippen LogP contribution is -2.22. The maximum atomic E-state index is 5.93. The van der Waals surface area contributed by atoms with Crippen LogP contribution in [-0.4, -0.2) is 64.1 Å². The topological polar surface area (TPSA) is 163 Å². The van der Waals surface area contributed by atoms with Gasteiger partial charge in [-0.2, -0.15) is 23.7 Å². The lowest BCUT2D eigenvalue weighted by molar-refractivity contribution is 0.414. The molecule has 64 heavy (non-hydrogen) atoms. The Bertz CT molecular complexity index is 2740. The van der Waals surface area contributed by atoms with E-state index in [4.69, 9.17) is 34.7 Å². The summed E-state index contributed by atoms with van der Waals surface area (Å²) in [5.41, 5.74) is 6.92. The van der Waals surface area contributed by atoms with Crippen LogP contribution in [0.5, 0.6) is 11.5 Å². The molecule has 0 fully saturated rings. The molecular weight excluding hydrogens is 863 g/mol. The number of aromatic nitrogens is 5. The molecule has 0 bridgehead atoms. The van der Waals surface area contributed by atoms with Crippen molar-refractivity contribution in [1.82, 2.24) is 23.7 Å². The molecule has 0 aliphatic heterocycles. The molecule has 0 saturated heterocycles. The van der Waals surface area contributed by atoms with E-state index in [1.165, 1.54) is 34.8 Å². The Morgan fingerprint density at radius 1 is 0.562 bits per heavy atom. The monoisotopic (exact) mass is 909 g/mol. The van der Waals surface area contributed by atoms with E-state index in [1.807, 2.05) is 91.0 Å². The van der Waals surface area contributed by atoms with E-state index in [1.54, 1.807) is 14.2 Å². The molecule has 0 unspecified atom stereocenters. The minimum atomic E-state index is 0.292. The van der Waals surface area contributed by atoms with Crippen LogP contribution >= 0.6 is 34.8 Å². The number of rotatable bonds is 19. The lowest BCUT2D eigenvalue weighted by Gasteiger charge is -2.25. The van der Waals surface area contributed by atoms with Crippen molar-refractivity contribution in [3.8, 4) is 11.5 Å². The Kier molecular flexibility index (Phi) is 14.1. The van der Waals surface area contributed by atoms with Crippen LogP contribution in [0.15, 0.2) is 129 Å². The molecule has 2 N–H and O–H groups in total. The van der Waals surface area contributed by atoms with Crippen molar-refractivity contribution >= 4 is 113 Å². The fourth-order valence-corrected chi connectivity index (χ4v) is 9.20. The quantitative estimate of drug-likeness (QED) is 0.0584. The summed E-state index contributed by atoms with van der Waals surface area (Å²) in [7, 11) is 3.32. The van der Waals surface area contributed by atoms with E-state index < -0.39 is 0 Å². The fourth-order valence-electron chi connectivity index (χ4n) is 7.02. The van der Waals surface area contributed by atoms with Crippen molar-refractivity contribution in [2.24, 2.45) is 20.5 Å². The number of hydrogen-bond donors (Lipinski definition) is 2. The largest absolute Gasteiger partial charge is 0.494 e. The van der Waals surface area contributed by atoms with E-state index in [0.29, 0.717) is 67.1 Å². The van der Waals surface area contributed by atoms with E-state index in [-0.39, 0.29) is 0 Å². The van der Waals surface area contributed by atoms with Crippen molar-refractivity contribution < 1.29 is 9.47 Å². The van der Waals surface area contributed by atoms with E-state index in [2.05, 4.69) is 79.2 Å². The molecule has 0 amide bonds. The number of ether oxygens (including phenoxy) is 2. The SMILES string of the molecule is CCN(CC)c1cc(Nc2nc(Nc3cc(N(CC)CC)c(OC)cc3N=Nc3snc4ccccc34)nc(SCc3ccccc3)n2)c(N=Nc2snc3ccccc23)cc1OC. The Morgan fingerprint density at radius 2 is 1.02 bits per heavy atom. The number of fused-ring (bicyclic) bond motifs is 2. The van der Waals surface area contributed by atoms with Crippen molar-refractivity contribution in [2.75, 3.05) is 60.8 Å². The first-order valence-electron chi connectivity index (χ1n) is 20.8. The highest BCUT2D eigenvalue weighted by molar-refractivity contribution is 7.98. The predicted molar refractivity (Wildman–Crippen MR) is 263 cm³/mol. The van der Waals surface area contributed by atoms with Crippen LogP contribution in [0.4, 0.5) is 56.0 Å². The molecule has 0 aliphatic carbocycles. The number of benzene rings is 5. The van der Waals surface area contributed by atoms with Gasteiger partial charge in [0.2, 0.25) is 11.9 Å². The van der Waals surface area contributed by atoms with Gasteiger partial charge in [0.15, 0.2) is 15.2 Å². The summed E-state index contributed by atoms with van der Waals surface area (Å²) in [5.74, 6) is 2.54. The first kappa shape index (κ1) is 43.9. The molecule has 18 heteroatoms. The number of methoxy groups -OCH3 is 2. The minimum Gasteiger partial charge on any atom is -0.494 e. The normalized spacial score (nSPS) is 11.5. The molecule has 0 spiro atoms.